The zero-order chi connectivity index (χ0) is 17.1. The molecule has 24 heavy (non-hydrogen) atoms. The lowest BCUT2D eigenvalue weighted by Gasteiger charge is -2.13. The number of hydrogen-bond donors (Lipinski definition) is 1. The zero-order valence-electron chi connectivity index (χ0n) is 13.5. The fourth-order valence-electron chi connectivity index (χ4n) is 2.57. The van der Waals surface area contributed by atoms with Crippen molar-refractivity contribution >= 4 is 45.1 Å². The van der Waals surface area contributed by atoms with Crippen LogP contribution in [0.25, 0.3) is 0 Å². The summed E-state index contributed by atoms with van der Waals surface area (Å²) in [6.07, 6.45) is 0. The van der Waals surface area contributed by atoms with Crippen molar-refractivity contribution in [2.75, 3.05) is 13.7 Å². The van der Waals surface area contributed by atoms with Gasteiger partial charge in [0.25, 0.3) is 0 Å². The van der Waals surface area contributed by atoms with Crippen molar-refractivity contribution in [3.63, 3.8) is 0 Å². The maximum Gasteiger partial charge on any atom is 0.129 e. The number of nitrogens with zero attached hydrogens (tertiary/aromatic N) is 1. The second-order valence-corrected chi connectivity index (χ2v) is 7.88. The van der Waals surface area contributed by atoms with Crippen LogP contribution in [-0.2, 0) is 5.75 Å². The molecule has 0 saturated heterocycles. The number of amidine groups is 1. The van der Waals surface area contributed by atoms with Crippen LogP contribution in [0.3, 0.4) is 0 Å². The molecule has 2 aromatic rings. The van der Waals surface area contributed by atoms with Crippen LogP contribution in [0.5, 0.6) is 5.75 Å². The van der Waals surface area contributed by atoms with E-state index in [0.29, 0.717) is 6.04 Å². The Bertz CT molecular complexity index is 782. The van der Waals surface area contributed by atoms with Crippen molar-refractivity contribution in [1.29, 1.82) is 0 Å². The molecule has 0 saturated carbocycles. The Kier molecular flexibility index (Phi) is 5.74. The number of halogens is 2. The van der Waals surface area contributed by atoms with Gasteiger partial charge in [0.2, 0.25) is 0 Å². The van der Waals surface area contributed by atoms with Gasteiger partial charge in [-0.3, -0.25) is 4.99 Å². The molecule has 1 atom stereocenters. The summed E-state index contributed by atoms with van der Waals surface area (Å²) in [5, 5.41) is 4.11. The van der Waals surface area contributed by atoms with Gasteiger partial charge < -0.3 is 10.1 Å². The zero-order valence-corrected chi connectivity index (χ0v) is 16.6. The van der Waals surface area contributed by atoms with Crippen LogP contribution in [0.2, 0.25) is 5.02 Å². The average Bonchev–Trinajstić information content (AvgIpc) is 3.00. The second-order valence-electron chi connectivity index (χ2n) is 5.57. The van der Waals surface area contributed by atoms with Gasteiger partial charge in [-0.25, -0.2) is 0 Å². The lowest BCUT2D eigenvalue weighted by molar-refractivity contribution is 0.411. The van der Waals surface area contributed by atoms with Crippen LogP contribution < -0.4 is 10.1 Å². The highest BCUT2D eigenvalue weighted by molar-refractivity contribution is 9.10. The normalized spacial score (nSPS) is 16.7. The van der Waals surface area contributed by atoms with E-state index in [9.17, 15) is 0 Å². The largest absolute Gasteiger partial charge is 0.496 e. The van der Waals surface area contributed by atoms with Crippen LogP contribution in [0.1, 0.15) is 18.1 Å². The van der Waals surface area contributed by atoms with Gasteiger partial charge in [0.1, 0.15) is 11.6 Å². The minimum absolute atomic E-state index is 0.294. The van der Waals surface area contributed by atoms with Crippen molar-refractivity contribution in [3.05, 3.63) is 57.0 Å². The van der Waals surface area contributed by atoms with Gasteiger partial charge in [-0.1, -0.05) is 39.7 Å². The molecule has 0 radical (unpaired) electrons. The van der Waals surface area contributed by atoms with Crippen LogP contribution in [-0.4, -0.2) is 25.5 Å². The molecule has 1 heterocycles. The number of aliphatic imine (C=N–C) groups is 1. The van der Waals surface area contributed by atoms with E-state index in [2.05, 4.69) is 45.3 Å². The molecule has 1 aliphatic heterocycles. The van der Waals surface area contributed by atoms with Gasteiger partial charge >= 0.3 is 0 Å². The number of thioether (sulfide) groups is 1. The maximum atomic E-state index is 6.47. The summed E-state index contributed by atoms with van der Waals surface area (Å²) in [6, 6.07) is 12.3. The van der Waals surface area contributed by atoms with Crippen LogP contribution in [0.15, 0.2) is 50.8 Å². The predicted molar refractivity (Wildman–Crippen MR) is 106 cm³/mol. The van der Waals surface area contributed by atoms with Crippen molar-refractivity contribution in [2.45, 2.75) is 23.6 Å². The van der Waals surface area contributed by atoms with Gasteiger partial charge in [0, 0.05) is 32.8 Å². The molecule has 126 valence electrons. The number of benzene rings is 2. The number of hydrogen-bond acceptors (Lipinski definition) is 4. The minimum atomic E-state index is 0.294. The lowest BCUT2D eigenvalue weighted by atomic mass is 10.2. The Morgan fingerprint density at radius 3 is 2.92 bits per heavy atom. The predicted octanol–water partition coefficient (Wildman–Crippen LogP) is 5.14. The Balaban J connectivity index is 1.88. The third-order valence-corrected chi connectivity index (χ3v) is 5.86. The first-order valence-corrected chi connectivity index (χ1v) is 9.80. The van der Waals surface area contributed by atoms with Crippen molar-refractivity contribution in [3.8, 4) is 5.75 Å². The summed E-state index contributed by atoms with van der Waals surface area (Å²) in [7, 11) is 1.69. The van der Waals surface area contributed by atoms with E-state index in [-0.39, 0.29) is 0 Å². The van der Waals surface area contributed by atoms with Crippen molar-refractivity contribution in [2.24, 2.45) is 4.99 Å². The highest BCUT2D eigenvalue weighted by atomic mass is 79.9. The van der Waals surface area contributed by atoms with E-state index in [1.165, 1.54) is 0 Å². The van der Waals surface area contributed by atoms with E-state index >= 15 is 0 Å². The molecule has 2 aromatic carbocycles. The molecular weight excluding hydrogens is 408 g/mol. The van der Waals surface area contributed by atoms with Gasteiger partial charge in [0.15, 0.2) is 0 Å². The minimum Gasteiger partial charge on any atom is -0.496 e. The molecular formula is C18H18BrClN2OS. The number of rotatable bonds is 5. The van der Waals surface area contributed by atoms with E-state index < -0.39 is 0 Å². The molecule has 3 nitrogen and oxygen atoms in total. The third-order valence-electron chi connectivity index (χ3n) is 3.75. The Labute approximate surface area is 160 Å². The van der Waals surface area contributed by atoms with Crippen LogP contribution in [0.4, 0.5) is 0 Å². The van der Waals surface area contributed by atoms with E-state index in [0.717, 1.165) is 49.4 Å². The number of ether oxygens (including phenoxy) is 1. The molecule has 6 heteroatoms. The highest BCUT2D eigenvalue weighted by Crippen LogP contribution is 2.36. The molecule has 0 spiro atoms. The van der Waals surface area contributed by atoms with Gasteiger partial charge in [-0.05, 0) is 31.2 Å². The summed E-state index contributed by atoms with van der Waals surface area (Å²) >= 11 is 11.7. The summed E-state index contributed by atoms with van der Waals surface area (Å²) in [5.74, 6) is 2.57. The fourth-order valence-corrected chi connectivity index (χ4v) is 4.37. The molecule has 0 aliphatic carbocycles. The molecule has 1 N–H and O–H groups in total. The molecule has 0 fully saturated rings. The lowest BCUT2D eigenvalue weighted by Crippen LogP contribution is -2.21. The summed E-state index contributed by atoms with van der Waals surface area (Å²) in [6.45, 7) is 2.97. The second kappa shape index (κ2) is 7.81. The summed E-state index contributed by atoms with van der Waals surface area (Å²) in [4.78, 5) is 5.71. The summed E-state index contributed by atoms with van der Waals surface area (Å²) < 4.78 is 6.50. The van der Waals surface area contributed by atoms with Crippen molar-refractivity contribution in [1.82, 2.24) is 5.32 Å². The molecule has 0 amide bonds. The molecule has 3 rings (SSSR count). The van der Waals surface area contributed by atoms with Crippen LogP contribution in [0, 0.1) is 0 Å². The Hall–Kier alpha value is -1.17. The van der Waals surface area contributed by atoms with Gasteiger partial charge in [-0.15, -0.1) is 11.8 Å². The SMILES string of the molecule is COc1ccc(Br)cc1CSc1c(Cl)cccc1C1=NC(C)CN1. The van der Waals surface area contributed by atoms with Crippen molar-refractivity contribution < 1.29 is 4.74 Å². The maximum absolute atomic E-state index is 6.47. The van der Waals surface area contributed by atoms with Gasteiger partial charge in [0.05, 0.1) is 18.2 Å². The molecule has 0 aromatic heterocycles. The first-order chi connectivity index (χ1) is 11.6. The Morgan fingerprint density at radius 2 is 2.21 bits per heavy atom. The van der Waals surface area contributed by atoms with E-state index in [1.807, 2.05) is 24.3 Å². The monoisotopic (exact) mass is 424 g/mol. The first kappa shape index (κ1) is 17.6. The third kappa shape index (κ3) is 3.90. The Morgan fingerprint density at radius 1 is 1.38 bits per heavy atom. The molecule has 0 bridgehead atoms. The topological polar surface area (TPSA) is 33.6 Å². The number of methoxy groups -OCH3 is 1. The van der Waals surface area contributed by atoms with E-state index in [4.69, 9.17) is 16.3 Å². The van der Waals surface area contributed by atoms with Crippen LogP contribution >= 0.6 is 39.3 Å². The van der Waals surface area contributed by atoms with Gasteiger partial charge in [-0.2, -0.15) is 0 Å². The molecule has 1 unspecified atom stereocenters. The molecule has 1 aliphatic rings. The number of nitrogens with one attached hydrogen (secondary N) is 1. The summed E-state index contributed by atoms with van der Waals surface area (Å²) in [5.41, 5.74) is 2.18. The quantitative estimate of drug-likeness (QED) is 0.673. The van der Waals surface area contributed by atoms with E-state index in [1.54, 1.807) is 18.9 Å². The highest BCUT2D eigenvalue weighted by Gasteiger charge is 2.19. The smallest absolute Gasteiger partial charge is 0.129 e. The first-order valence-electron chi connectivity index (χ1n) is 7.64. The standard InChI is InChI=1S/C18H18BrClN2OS/c1-11-9-21-18(22-11)14-4-3-5-15(20)17(14)24-10-12-8-13(19)6-7-16(12)23-2/h3-8,11H,9-10H2,1-2H3,(H,21,22). The fraction of sp³-hybridized carbons (Fsp3) is 0.278. The average molecular weight is 426 g/mol.